The van der Waals surface area contributed by atoms with Crippen molar-refractivity contribution in [2.75, 3.05) is 50.3 Å². The van der Waals surface area contributed by atoms with Crippen LogP contribution in [-0.2, 0) is 16.4 Å². The molecule has 0 N–H and O–H groups in total. The number of amides is 1. The molecule has 1 saturated heterocycles. The van der Waals surface area contributed by atoms with Gasteiger partial charge in [-0.2, -0.15) is 0 Å². The molecule has 0 unspecified atom stereocenters. The van der Waals surface area contributed by atoms with E-state index < -0.39 is 10.0 Å². The first-order valence-electron chi connectivity index (χ1n) is 7.45. The molecule has 7 heteroatoms. The van der Waals surface area contributed by atoms with Crippen molar-refractivity contribution in [2.45, 2.75) is 6.42 Å². The van der Waals surface area contributed by atoms with Crippen LogP contribution in [0.5, 0.6) is 0 Å². The Kier molecular flexibility index (Phi) is 3.86. The average molecular weight is 323 g/mol. The number of fused-ring (bicyclic) bond motifs is 1. The number of likely N-dealkylation sites (N-methyl/N-ethyl adjacent to an activating group) is 1. The molecular weight excluding hydrogens is 302 g/mol. The molecule has 0 aromatic heterocycles. The van der Waals surface area contributed by atoms with Gasteiger partial charge in [0.2, 0.25) is 10.0 Å². The summed E-state index contributed by atoms with van der Waals surface area (Å²) in [6.45, 7) is 3.61. The molecule has 1 amide bonds. The molecule has 2 aliphatic heterocycles. The zero-order valence-electron chi connectivity index (χ0n) is 12.9. The van der Waals surface area contributed by atoms with Gasteiger partial charge < -0.3 is 9.80 Å². The molecule has 3 rings (SSSR count). The van der Waals surface area contributed by atoms with E-state index in [4.69, 9.17) is 0 Å². The van der Waals surface area contributed by atoms with Gasteiger partial charge in [-0.1, -0.05) is 6.07 Å². The van der Waals surface area contributed by atoms with Crippen molar-refractivity contribution < 1.29 is 13.2 Å². The van der Waals surface area contributed by atoms with Crippen LogP contribution in [0.2, 0.25) is 0 Å². The van der Waals surface area contributed by atoms with Gasteiger partial charge in [0.1, 0.15) is 0 Å². The van der Waals surface area contributed by atoms with E-state index in [0.717, 1.165) is 18.7 Å². The molecule has 1 aromatic rings. The second kappa shape index (κ2) is 5.55. The van der Waals surface area contributed by atoms with Crippen molar-refractivity contribution >= 4 is 21.6 Å². The van der Waals surface area contributed by atoms with Gasteiger partial charge >= 0.3 is 0 Å². The van der Waals surface area contributed by atoms with Crippen LogP contribution in [0.25, 0.3) is 0 Å². The van der Waals surface area contributed by atoms with Crippen LogP contribution in [0.15, 0.2) is 18.2 Å². The Morgan fingerprint density at radius 3 is 2.41 bits per heavy atom. The van der Waals surface area contributed by atoms with Gasteiger partial charge in [0, 0.05) is 38.3 Å². The molecule has 2 aliphatic rings. The smallest absolute Gasteiger partial charge is 0.254 e. The fourth-order valence-electron chi connectivity index (χ4n) is 3.02. The predicted molar refractivity (Wildman–Crippen MR) is 85.7 cm³/mol. The van der Waals surface area contributed by atoms with Gasteiger partial charge in [0.25, 0.3) is 5.91 Å². The van der Waals surface area contributed by atoms with Gasteiger partial charge in [-0.05, 0) is 31.2 Å². The Labute approximate surface area is 131 Å². The molecule has 0 radical (unpaired) electrons. The Morgan fingerprint density at radius 1 is 1.09 bits per heavy atom. The minimum atomic E-state index is -3.29. The standard InChI is InChI=1S/C15H21N3O3S/c1-16-7-9-17(10-8-16)15(19)13-4-3-12-5-6-18(14(12)11-13)22(2,20)21/h3-4,11H,5-10H2,1-2H3. The number of sulfonamides is 1. The lowest BCUT2D eigenvalue weighted by Crippen LogP contribution is -2.47. The van der Waals surface area contributed by atoms with E-state index in [0.29, 0.717) is 37.3 Å². The summed E-state index contributed by atoms with van der Waals surface area (Å²) in [6.07, 6.45) is 1.91. The van der Waals surface area contributed by atoms with Gasteiger partial charge in [-0.15, -0.1) is 0 Å². The minimum Gasteiger partial charge on any atom is -0.336 e. The van der Waals surface area contributed by atoms with Crippen molar-refractivity contribution in [3.05, 3.63) is 29.3 Å². The zero-order valence-corrected chi connectivity index (χ0v) is 13.8. The number of rotatable bonds is 2. The van der Waals surface area contributed by atoms with Crippen molar-refractivity contribution in [1.82, 2.24) is 9.80 Å². The normalized spacial score (nSPS) is 19.4. The molecule has 1 fully saturated rings. The summed E-state index contributed by atoms with van der Waals surface area (Å²) in [6, 6.07) is 5.42. The number of carbonyl (C=O) groups excluding carboxylic acids is 1. The first-order chi connectivity index (χ1) is 10.4. The van der Waals surface area contributed by atoms with Crippen molar-refractivity contribution in [1.29, 1.82) is 0 Å². The highest BCUT2D eigenvalue weighted by Gasteiger charge is 2.28. The number of piperazine rings is 1. The molecule has 0 saturated carbocycles. The second-order valence-electron chi connectivity index (χ2n) is 6.02. The summed E-state index contributed by atoms with van der Waals surface area (Å²) in [5, 5.41) is 0. The SMILES string of the molecule is CN1CCN(C(=O)c2ccc3c(c2)N(S(C)(=O)=O)CC3)CC1. The van der Waals surface area contributed by atoms with Crippen LogP contribution in [0, 0.1) is 0 Å². The van der Waals surface area contributed by atoms with Crippen LogP contribution >= 0.6 is 0 Å². The van der Waals surface area contributed by atoms with Crippen LogP contribution in [0.3, 0.4) is 0 Å². The first-order valence-corrected chi connectivity index (χ1v) is 9.29. The van der Waals surface area contributed by atoms with Gasteiger partial charge in [-0.25, -0.2) is 8.42 Å². The van der Waals surface area contributed by atoms with E-state index in [9.17, 15) is 13.2 Å². The molecule has 0 bridgehead atoms. The second-order valence-corrected chi connectivity index (χ2v) is 7.93. The highest BCUT2D eigenvalue weighted by atomic mass is 32.2. The summed E-state index contributed by atoms with van der Waals surface area (Å²) in [4.78, 5) is 16.6. The summed E-state index contributed by atoms with van der Waals surface area (Å²) in [7, 11) is -1.25. The Bertz CT molecular complexity index is 694. The summed E-state index contributed by atoms with van der Waals surface area (Å²) < 4.78 is 25.1. The maximum atomic E-state index is 12.6. The molecule has 1 aromatic carbocycles. The van der Waals surface area contributed by atoms with E-state index >= 15 is 0 Å². The highest BCUT2D eigenvalue weighted by molar-refractivity contribution is 7.92. The number of nitrogens with zero attached hydrogens (tertiary/aromatic N) is 3. The lowest BCUT2D eigenvalue weighted by atomic mass is 10.1. The molecule has 22 heavy (non-hydrogen) atoms. The summed E-state index contributed by atoms with van der Waals surface area (Å²) in [5.41, 5.74) is 2.21. The number of benzene rings is 1. The maximum absolute atomic E-state index is 12.6. The molecular formula is C15H21N3O3S. The van der Waals surface area contributed by atoms with E-state index in [1.54, 1.807) is 6.07 Å². The van der Waals surface area contributed by atoms with Crippen LogP contribution in [0.1, 0.15) is 15.9 Å². The number of hydrogen-bond donors (Lipinski definition) is 0. The Hall–Kier alpha value is -1.60. The summed E-state index contributed by atoms with van der Waals surface area (Å²) >= 11 is 0. The molecule has 0 spiro atoms. The number of anilines is 1. The zero-order chi connectivity index (χ0) is 15.9. The van der Waals surface area contributed by atoms with Crippen LogP contribution < -0.4 is 4.31 Å². The molecule has 2 heterocycles. The average Bonchev–Trinajstić information content (AvgIpc) is 2.90. The number of hydrogen-bond acceptors (Lipinski definition) is 4. The Balaban J connectivity index is 1.86. The maximum Gasteiger partial charge on any atom is 0.254 e. The van der Waals surface area contributed by atoms with E-state index in [1.807, 2.05) is 24.1 Å². The van der Waals surface area contributed by atoms with Crippen molar-refractivity contribution in [3.63, 3.8) is 0 Å². The molecule has 0 atom stereocenters. The van der Waals surface area contributed by atoms with Gasteiger partial charge in [0.05, 0.1) is 11.9 Å². The van der Waals surface area contributed by atoms with Crippen LogP contribution in [0.4, 0.5) is 5.69 Å². The first kappa shape index (κ1) is 15.3. The van der Waals surface area contributed by atoms with Gasteiger partial charge in [0.15, 0.2) is 0 Å². The largest absolute Gasteiger partial charge is 0.336 e. The third-order valence-corrected chi connectivity index (χ3v) is 5.56. The molecule has 120 valence electrons. The topological polar surface area (TPSA) is 60.9 Å². The van der Waals surface area contributed by atoms with Crippen molar-refractivity contribution in [2.24, 2.45) is 0 Å². The minimum absolute atomic E-state index is 0.0174. The summed E-state index contributed by atoms with van der Waals surface area (Å²) in [5.74, 6) is -0.0174. The third-order valence-electron chi connectivity index (χ3n) is 4.38. The monoisotopic (exact) mass is 323 g/mol. The highest BCUT2D eigenvalue weighted by Crippen LogP contribution is 2.31. The predicted octanol–water partition coefficient (Wildman–Crippen LogP) is 0.396. The Morgan fingerprint density at radius 2 is 1.77 bits per heavy atom. The lowest BCUT2D eigenvalue weighted by Gasteiger charge is -2.32. The fraction of sp³-hybridized carbons (Fsp3) is 0.533. The van der Waals surface area contributed by atoms with Crippen molar-refractivity contribution in [3.8, 4) is 0 Å². The molecule has 0 aliphatic carbocycles. The number of carbonyl (C=O) groups is 1. The van der Waals surface area contributed by atoms with Gasteiger partial charge in [-0.3, -0.25) is 9.10 Å². The van der Waals surface area contributed by atoms with E-state index in [2.05, 4.69) is 4.90 Å². The fourth-order valence-corrected chi connectivity index (χ4v) is 3.97. The third kappa shape index (κ3) is 2.83. The lowest BCUT2D eigenvalue weighted by molar-refractivity contribution is 0.0664. The quantitative estimate of drug-likeness (QED) is 0.790. The van der Waals surface area contributed by atoms with E-state index in [-0.39, 0.29) is 5.91 Å². The van der Waals surface area contributed by atoms with Crippen LogP contribution in [-0.4, -0.2) is 70.2 Å². The van der Waals surface area contributed by atoms with E-state index in [1.165, 1.54) is 10.6 Å². The molecule has 6 nitrogen and oxygen atoms in total.